The third kappa shape index (κ3) is 4.86. The second-order valence-electron chi connectivity index (χ2n) is 6.93. The second kappa shape index (κ2) is 5.81. The van der Waals surface area contributed by atoms with Crippen molar-refractivity contribution in [1.29, 1.82) is 0 Å². The predicted octanol–water partition coefficient (Wildman–Crippen LogP) is 1.38. The minimum atomic E-state index is -3.14. The van der Waals surface area contributed by atoms with Crippen LogP contribution in [0.4, 0.5) is 0 Å². The molecule has 7 heteroatoms. The normalized spacial score (nSPS) is 13.7. The molecule has 1 rings (SSSR count). The fraction of sp³-hybridized carbons (Fsp3) is 0.846. The summed E-state index contributed by atoms with van der Waals surface area (Å²) in [5.74, 6) is 0.826. The summed E-state index contributed by atoms with van der Waals surface area (Å²) >= 11 is 0. The van der Waals surface area contributed by atoms with Gasteiger partial charge in [-0.1, -0.05) is 0 Å². The van der Waals surface area contributed by atoms with Gasteiger partial charge < -0.3 is 5.32 Å². The van der Waals surface area contributed by atoms with Gasteiger partial charge in [0.2, 0.25) is 0 Å². The molecule has 0 aliphatic rings. The number of hydrogen-bond acceptors (Lipinski definition) is 5. The largest absolute Gasteiger partial charge is 0.305 e. The Morgan fingerprint density at radius 3 is 2.30 bits per heavy atom. The summed E-state index contributed by atoms with van der Waals surface area (Å²) in [7, 11) is -3.14. The Hall–Kier alpha value is -0.950. The van der Waals surface area contributed by atoms with Gasteiger partial charge in [0.05, 0.1) is 23.6 Å². The van der Waals surface area contributed by atoms with Crippen LogP contribution in [0, 0.1) is 0 Å². The Kier molecular flexibility index (Phi) is 4.97. The van der Waals surface area contributed by atoms with Gasteiger partial charge in [-0.05, 0) is 41.5 Å². The van der Waals surface area contributed by atoms with Crippen molar-refractivity contribution in [2.75, 3.05) is 5.75 Å². The molecule has 0 unspecified atom stereocenters. The van der Waals surface area contributed by atoms with Crippen LogP contribution in [0.3, 0.4) is 0 Å². The van der Waals surface area contributed by atoms with Gasteiger partial charge in [0.1, 0.15) is 12.2 Å². The molecule has 0 aliphatic carbocycles. The Morgan fingerprint density at radius 2 is 1.80 bits per heavy atom. The van der Waals surface area contributed by atoms with E-state index < -0.39 is 14.6 Å². The van der Waals surface area contributed by atoms with Crippen LogP contribution in [0.5, 0.6) is 0 Å². The second-order valence-corrected chi connectivity index (χ2v) is 9.80. The zero-order valence-electron chi connectivity index (χ0n) is 13.3. The maximum absolute atomic E-state index is 12.1. The first-order valence-corrected chi connectivity index (χ1v) is 8.42. The summed E-state index contributed by atoms with van der Waals surface area (Å²) < 4.78 is 25.1. The van der Waals surface area contributed by atoms with Gasteiger partial charge in [0.15, 0.2) is 9.84 Å². The highest BCUT2D eigenvalue weighted by molar-refractivity contribution is 7.92. The fourth-order valence-corrected chi connectivity index (χ4v) is 2.49. The molecular weight excluding hydrogens is 276 g/mol. The molecule has 1 N–H and O–H groups in total. The minimum absolute atomic E-state index is 0.0196. The Morgan fingerprint density at radius 1 is 1.20 bits per heavy atom. The molecule has 0 radical (unpaired) electrons. The van der Waals surface area contributed by atoms with E-state index in [0.29, 0.717) is 13.1 Å². The Labute approximate surface area is 121 Å². The maximum atomic E-state index is 12.1. The van der Waals surface area contributed by atoms with Crippen LogP contribution >= 0.6 is 0 Å². The first-order chi connectivity index (χ1) is 8.92. The van der Waals surface area contributed by atoms with Gasteiger partial charge >= 0.3 is 0 Å². The lowest BCUT2D eigenvalue weighted by Crippen LogP contribution is -2.36. The Bertz CT molecular complexity index is 535. The highest BCUT2D eigenvalue weighted by Gasteiger charge is 2.28. The van der Waals surface area contributed by atoms with Gasteiger partial charge in [0, 0.05) is 5.54 Å². The number of nitrogens with one attached hydrogen (secondary N) is 1. The fourth-order valence-electron chi connectivity index (χ4n) is 1.47. The molecule has 0 aromatic carbocycles. The topological polar surface area (TPSA) is 76.9 Å². The van der Waals surface area contributed by atoms with E-state index in [4.69, 9.17) is 0 Å². The van der Waals surface area contributed by atoms with Crippen LogP contribution in [0.2, 0.25) is 0 Å². The van der Waals surface area contributed by atoms with Crippen molar-refractivity contribution >= 4 is 9.84 Å². The number of nitrogens with zero attached hydrogens (tertiary/aromatic N) is 3. The van der Waals surface area contributed by atoms with Gasteiger partial charge in [-0.3, -0.25) is 0 Å². The van der Waals surface area contributed by atoms with Crippen molar-refractivity contribution in [3.8, 4) is 0 Å². The third-order valence-electron chi connectivity index (χ3n) is 2.98. The molecule has 0 saturated carbocycles. The van der Waals surface area contributed by atoms with Crippen molar-refractivity contribution in [3.63, 3.8) is 0 Å². The number of hydrogen-bond donors (Lipinski definition) is 1. The summed E-state index contributed by atoms with van der Waals surface area (Å²) in [4.78, 5) is 4.18. The van der Waals surface area contributed by atoms with E-state index in [1.165, 1.54) is 6.33 Å². The lowest BCUT2D eigenvalue weighted by Gasteiger charge is -2.21. The molecule has 20 heavy (non-hydrogen) atoms. The highest BCUT2D eigenvalue weighted by atomic mass is 32.2. The molecule has 0 fully saturated rings. The lowest BCUT2D eigenvalue weighted by atomic mass is 10.1. The van der Waals surface area contributed by atoms with Gasteiger partial charge in [-0.15, -0.1) is 0 Å². The van der Waals surface area contributed by atoms with Crippen molar-refractivity contribution in [3.05, 3.63) is 12.2 Å². The molecule has 116 valence electrons. The van der Waals surface area contributed by atoms with Crippen LogP contribution in [0.15, 0.2) is 6.33 Å². The summed E-state index contributed by atoms with van der Waals surface area (Å²) in [5, 5.41) is 7.42. The average Bonchev–Trinajstić information content (AvgIpc) is 2.68. The number of aromatic nitrogens is 3. The molecule has 0 atom stereocenters. The van der Waals surface area contributed by atoms with Crippen molar-refractivity contribution in [1.82, 2.24) is 20.1 Å². The van der Waals surface area contributed by atoms with Crippen LogP contribution in [0.25, 0.3) is 0 Å². The molecular formula is C13H26N4O2S. The quantitative estimate of drug-likeness (QED) is 0.889. The first kappa shape index (κ1) is 17.1. The zero-order valence-corrected chi connectivity index (χ0v) is 14.1. The Balaban J connectivity index is 2.69. The molecule has 0 saturated heterocycles. The minimum Gasteiger partial charge on any atom is -0.305 e. The molecule has 1 aromatic rings. The number of aryl methyl sites for hydroxylation is 1. The maximum Gasteiger partial charge on any atom is 0.157 e. The molecule has 0 bridgehead atoms. The SMILES string of the molecule is CC(C)(C)NCc1ncnn1CCS(=O)(=O)C(C)(C)C. The van der Waals surface area contributed by atoms with Gasteiger partial charge in [-0.2, -0.15) is 5.10 Å². The molecule has 1 heterocycles. The van der Waals surface area contributed by atoms with Crippen molar-refractivity contribution < 1.29 is 8.42 Å². The van der Waals surface area contributed by atoms with Gasteiger partial charge in [-0.25, -0.2) is 18.1 Å². The van der Waals surface area contributed by atoms with E-state index in [-0.39, 0.29) is 11.3 Å². The third-order valence-corrected chi connectivity index (χ3v) is 5.56. The van der Waals surface area contributed by atoms with Gasteiger partial charge in [0.25, 0.3) is 0 Å². The molecule has 1 aromatic heterocycles. The molecule has 0 aliphatic heterocycles. The van der Waals surface area contributed by atoms with Crippen molar-refractivity contribution in [2.45, 2.75) is 64.9 Å². The van der Waals surface area contributed by atoms with Crippen LogP contribution < -0.4 is 5.32 Å². The molecule has 0 spiro atoms. The predicted molar refractivity (Wildman–Crippen MR) is 80.2 cm³/mol. The van der Waals surface area contributed by atoms with E-state index in [2.05, 4.69) is 36.2 Å². The summed E-state index contributed by atoms with van der Waals surface area (Å²) in [6.45, 7) is 12.2. The van der Waals surface area contributed by atoms with Crippen LogP contribution in [-0.2, 0) is 22.9 Å². The summed E-state index contributed by atoms with van der Waals surface area (Å²) in [6, 6.07) is 0. The van der Waals surface area contributed by atoms with E-state index >= 15 is 0 Å². The van der Waals surface area contributed by atoms with E-state index in [1.807, 2.05) is 0 Å². The number of sulfone groups is 1. The lowest BCUT2D eigenvalue weighted by molar-refractivity contribution is 0.409. The van der Waals surface area contributed by atoms with Crippen molar-refractivity contribution in [2.24, 2.45) is 0 Å². The molecule has 0 amide bonds. The van der Waals surface area contributed by atoms with Crippen LogP contribution in [0.1, 0.15) is 47.4 Å². The smallest absolute Gasteiger partial charge is 0.157 e. The zero-order chi connectivity index (χ0) is 15.6. The average molecular weight is 302 g/mol. The van der Waals surface area contributed by atoms with E-state index in [0.717, 1.165) is 5.82 Å². The molecule has 6 nitrogen and oxygen atoms in total. The van der Waals surface area contributed by atoms with E-state index in [9.17, 15) is 8.42 Å². The monoisotopic (exact) mass is 302 g/mol. The summed E-state index contributed by atoms with van der Waals surface area (Å²) in [5.41, 5.74) is -0.0196. The first-order valence-electron chi connectivity index (χ1n) is 6.76. The van der Waals surface area contributed by atoms with E-state index in [1.54, 1.807) is 25.5 Å². The highest BCUT2D eigenvalue weighted by Crippen LogP contribution is 2.16. The van der Waals surface area contributed by atoms with Crippen LogP contribution in [-0.4, -0.2) is 39.2 Å². The standard InChI is InChI=1S/C13H26N4O2S/c1-12(2,3)15-9-11-14-10-16-17(11)7-8-20(18,19)13(4,5)6/h10,15H,7-9H2,1-6H3. The summed E-state index contributed by atoms with van der Waals surface area (Å²) in [6.07, 6.45) is 1.46. The number of rotatable bonds is 5.